The highest BCUT2D eigenvalue weighted by Gasteiger charge is 2.23. The van der Waals surface area contributed by atoms with E-state index < -0.39 is 10.0 Å². The Morgan fingerprint density at radius 1 is 1.20 bits per heavy atom. The number of sulfonamides is 1. The van der Waals surface area contributed by atoms with Crippen LogP contribution in [0.15, 0.2) is 40.6 Å². The third-order valence-electron chi connectivity index (χ3n) is 5.27. The molecule has 1 fully saturated rings. The van der Waals surface area contributed by atoms with Crippen LogP contribution in [0.3, 0.4) is 0 Å². The number of benzene rings is 1. The molecule has 164 valence electrons. The normalized spacial score (nSPS) is 15.9. The Labute approximate surface area is 187 Å². The van der Waals surface area contributed by atoms with Crippen molar-refractivity contribution in [3.8, 4) is 0 Å². The SMILES string of the molecule is CC(=O)NCCc1ccc(S(=O)(=O)NCC2CCN(Cc3ccccc3Cl)CC2)s1. The molecule has 1 aliphatic heterocycles. The maximum atomic E-state index is 12.6. The molecule has 0 aliphatic carbocycles. The van der Waals surface area contributed by atoms with Crippen LogP contribution >= 0.6 is 22.9 Å². The predicted octanol–water partition coefficient (Wildman–Crippen LogP) is 3.27. The summed E-state index contributed by atoms with van der Waals surface area (Å²) in [6, 6.07) is 11.3. The quantitative estimate of drug-likeness (QED) is 0.590. The van der Waals surface area contributed by atoms with Crippen LogP contribution in [-0.2, 0) is 27.8 Å². The third-order valence-corrected chi connectivity index (χ3v) is 8.70. The molecule has 1 aromatic heterocycles. The molecule has 1 saturated heterocycles. The predicted molar refractivity (Wildman–Crippen MR) is 121 cm³/mol. The second-order valence-electron chi connectivity index (χ2n) is 7.62. The molecule has 1 aromatic carbocycles. The van der Waals surface area contributed by atoms with Gasteiger partial charge in [-0.1, -0.05) is 29.8 Å². The largest absolute Gasteiger partial charge is 0.356 e. The number of hydrogen-bond donors (Lipinski definition) is 2. The second-order valence-corrected chi connectivity index (χ2v) is 11.2. The Bertz CT molecular complexity index is 954. The number of halogens is 1. The minimum Gasteiger partial charge on any atom is -0.356 e. The van der Waals surface area contributed by atoms with Gasteiger partial charge in [0.05, 0.1) is 0 Å². The van der Waals surface area contributed by atoms with E-state index in [0.717, 1.165) is 47.9 Å². The number of carbonyl (C=O) groups is 1. The Morgan fingerprint density at radius 3 is 2.63 bits per heavy atom. The van der Waals surface area contributed by atoms with Gasteiger partial charge < -0.3 is 5.32 Å². The maximum Gasteiger partial charge on any atom is 0.250 e. The van der Waals surface area contributed by atoms with Crippen molar-refractivity contribution in [1.29, 1.82) is 0 Å². The molecule has 0 saturated carbocycles. The lowest BCUT2D eigenvalue weighted by Crippen LogP contribution is -2.38. The van der Waals surface area contributed by atoms with Crippen LogP contribution in [0.5, 0.6) is 0 Å². The van der Waals surface area contributed by atoms with Crippen LogP contribution < -0.4 is 10.0 Å². The van der Waals surface area contributed by atoms with Crippen molar-refractivity contribution in [2.75, 3.05) is 26.2 Å². The van der Waals surface area contributed by atoms with Crippen molar-refractivity contribution >= 4 is 38.9 Å². The minimum absolute atomic E-state index is 0.0843. The fraction of sp³-hybridized carbons (Fsp3) is 0.476. The zero-order chi connectivity index (χ0) is 21.6. The summed E-state index contributed by atoms with van der Waals surface area (Å²) in [5.74, 6) is 0.250. The fourth-order valence-electron chi connectivity index (χ4n) is 3.51. The number of piperidine rings is 1. The zero-order valence-corrected chi connectivity index (χ0v) is 19.5. The summed E-state index contributed by atoms with van der Waals surface area (Å²) in [5, 5.41) is 3.51. The summed E-state index contributed by atoms with van der Waals surface area (Å²) in [7, 11) is -3.50. The molecular formula is C21H28ClN3O3S2. The van der Waals surface area contributed by atoms with Crippen molar-refractivity contribution in [3.05, 3.63) is 51.9 Å². The van der Waals surface area contributed by atoms with Crippen LogP contribution in [0.1, 0.15) is 30.2 Å². The van der Waals surface area contributed by atoms with Crippen LogP contribution in [0.25, 0.3) is 0 Å². The van der Waals surface area contributed by atoms with E-state index in [-0.39, 0.29) is 5.91 Å². The lowest BCUT2D eigenvalue weighted by atomic mass is 9.97. The highest BCUT2D eigenvalue weighted by atomic mass is 35.5. The number of hydrogen-bond acceptors (Lipinski definition) is 5. The summed E-state index contributed by atoms with van der Waals surface area (Å²) in [6.07, 6.45) is 2.54. The molecule has 6 nitrogen and oxygen atoms in total. The van der Waals surface area contributed by atoms with Gasteiger partial charge in [-0.15, -0.1) is 11.3 Å². The van der Waals surface area contributed by atoms with Crippen molar-refractivity contribution < 1.29 is 13.2 Å². The first-order valence-electron chi connectivity index (χ1n) is 10.1. The molecular weight excluding hydrogens is 442 g/mol. The van der Waals surface area contributed by atoms with Gasteiger partial charge >= 0.3 is 0 Å². The van der Waals surface area contributed by atoms with E-state index in [1.807, 2.05) is 30.3 Å². The Morgan fingerprint density at radius 2 is 1.93 bits per heavy atom. The molecule has 9 heteroatoms. The van der Waals surface area contributed by atoms with Gasteiger partial charge in [-0.25, -0.2) is 13.1 Å². The standard InChI is InChI=1S/C21H28ClN3O3S2/c1-16(26)23-11-8-19-6-7-21(29-19)30(27,28)24-14-17-9-12-25(13-10-17)15-18-4-2-3-5-20(18)22/h2-7,17,24H,8-15H2,1H3,(H,23,26). The van der Waals surface area contributed by atoms with Gasteiger partial charge in [-0.3, -0.25) is 9.69 Å². The highest BCUT2D eigenvalue weighted by molar-refractivity contribution is 7.91. The summed E-state index contributed by atoms with van der Waals surface area (Å²) in [5.41, 5.74) is 1.13. The molecule has 3 rings (SSSR count). The Hall–Kier alpha value is -1.45. The molecule has 1 amide bonds. The molecule has 0 radical (unpaired) electrons. The van der Waals surface area contributed by atoms with E-state index in [4.69, 9.17) is 11.6 Å². The molecule has 2 heterocycles. The average molecular weight is 470 g/mol. The van der Waals surface area contributed by atoms with Gasteiger partial charge in [0.25, 0.3) is 0 Å². The van der Waals surface area contributed by atoms with Gasteiger partial charge in [-0.2, -0.15) is 0 Å². The Kier molecular flexibility index (Phi) is 8.30. The average Bonchev–Trinajstić information content (AvgIpc) is 3.19. The molecule has 2 aromatic rings. The van der Waals surface area contributed by atoms with Crippen molar-refractivity contribution in [3.63, 3.8) is 0 Å². The molecule has 0 bridgehead atoms. The lowest BCUT2D eigenvalue weighted by molar-refractivity contribution is -0.118. The number of thiophene rings is 1. The van der Waals surface area contributed by atoms with Crippen LogP contribution in [0, 0.1) is 5.92 Å². The van der Waals surface area contributed by atoms with Gasteiger partial charge in [0.1, 0.15) is 4.21 Å². The third kappa shape index (κ3) is 6.78. The first-order valence-corrected chi connectivity index (χ1v) is 12.8. The van der Waals surface area contributed by atoms with E-state index in [2.05, 4.69) is 14.9 Å². The Balaban J connectivity index is 1.44. The summed E-state index contributed by atoms with van der Waals surface area (Å²) in [4.78, 5) is 14.2. The molecule has 0 spiro atoms. The smallest absolute Gasteiger partial charge is 0.250 e. The van der Waals surface area contributed by atoms with Crippen LogP contribution in [-0.4, -0.2) is 45.4 Å². The van der Waals surface area contributed by atoms with Crippen molar-refractivity contribution in [2.45, 2.75) is 36.9 Å². The topological polar surface area (TPSA) is 78.5 Å². The van der Waals surface area contributed by atoms with E-state index >= 15 is 0 Å². The molecule has 0 atom stereocenters. The van der Waals surface area contributed by atoms with Crippen molar-refractivity contribution in [2.24, 2.45) is 5.92 Å². The molecule has 2 N–H and O–H groups in total. The van der Waals surface area contributed by atoms with Gasteiger partial charge in [0.15, 0.2) is 0 Å². The van der Waals surface area contributed by atoms with Crippen LogP contribution in [0.2, 0.25) is 5.02 Å². The number of likely N-dealkylation sites (tertiary alicyclic amines) is 1. The summed E-state index contributed by atoms with van der Waals surface area (Å²) in [6.45, 7) is 5.13. The monoisotopic (exact) mass is 469 g/mol. The number of nitrogens with one attached hydrogen (secondary N) is 2. The molecule has 1 aliphatic rings. The van der Waals surface area contributed by atoms with E-state index in [1.165, 1.54) is 18.3 Å². The first kappa shape index (κ1) is 23.2. The minimum atomic E-state index is -3.50. The number of nitrogens with zero attached hydrogens (tertiary/aromatic N) is 1. The number of rotatable bonds is 9. The molecule has 30 heavy (non-hydrogen) atoms. The van der Waals surface area contributed by atoms with E-state index in [0.29, 0.717) is 29.6 Å². The lowest BCUT2D eigenvalue weighted by Gasteiger charge is -2.32. The summed E-state index contributed by atoms with van der Waals surface area (Å²) < 4.78 is 28.3. The van der Waals surface area contributed by atoms with E-state index in [9.17, 15) is 13.2 Å². The van der Waals surface area contributed by atoms with E-state index in [1.54, 1.807) is 6.07 Å². The number of carbonyl (C=O) groups excluding carboxylic acids is 1. The van der Waals surface area contributed by atoms with Crippen molar-refractivity contribution in [1.82, 2.24) is 14.9 Å². The van der Waals surface area contributed by atoms with Crippen LogP contribution in [0.4, 0.5) is 0 Å². The zero-order valence-electron chi connectivity index (χ0n) is 17.1. The maximum absolute atomic E-state index is 12.6. The fourth-order valence-corrected chi connectivity index (χ4v) is 6.23. The summed E-state index contributed by atoms with van der Waals surface area (Å²) >= 11 is 7.51. The van der Waals surface area contributed by atoms with Gasteiger partial charge in [-0.05, 0) is 62.0 Å². The van der Waals surface area contributed by atoms with Gasteiger partial charge in [0, 0.05) is 36.5 Å². The first-order chi connectivity index (χ1) is 14.3. The highest BCUT2D eigenvalue weighted by Crippen LogP contribution is 2.24. The number of amides is 1. The van der Waals surface area contributed by atoms with Gasteiger partial charge in [0.2, 0.25) is 15.9 Å². The second kappa shape index (κ2) is 10.7. The molecule has 0 unspecified atom stereocenters.